The van der Waals surface area contributed by atoms with Crippen molar-refractivity contribution in [2.45, 2.75) is 25.1 Å². The number of nitriles is 1. The van der Waals surface area contributed by atoms with Crippen LogP contribution in [-0.2, 0) is 6.18 Å². The number of hydrogen-bond donors (Lipinski definition) is 1. The minimum atomic E-state index is -4.41. The van der Waals surface area contributed by atoms with Crippen LogP contribution < -0.4 is 10.2 Å². The molecule has 5 rings (SSSR count). The smallest absolute Gasteiger partial charge is 0.358 e. The summed E-state index contributed by atoms with van der Waals surface area (Å²) in [5.74, 6) is 0.891. The fraction of sp³-hybridized carbons (Fsp3) is 0.280. The summed E-state index contributed by atoms with van der Waals surface area (Å²) < 4.78 is 41.3. The number of nitrogens with one attached hydrogen (secondary N) is 1. The summed E-state index contributed by atoms with van der Waals surface area (Å²) >= 11 is 0. The number of para-hydroxylation sites is 2. The average molecular weight is 449 g/mol. The molecular weight excluding hydrogens is 427 g/mol. The molecule has 0 atom stereocenters. The van der Waals surface area contributed by atoms with Crippen LogP contribution in [0.2, 0.25) is 0 Å². The highest BCUT2D eigenvalue weighted by Gasteiger charge is 2.30. The van der Waals surface area contributed by atoms with Crippen molar-refractivity contribution in [1.82, 2.24) is 14.7 Å². The van der Waals surface area contributed by atoms with E-state index in [1.807, 2.05) is 41.8 Å². The molecule has 1 fully saturated rings. The zero-order valence-electron chi connectivity index (χ0n) is 18.0. The van der Waals surface area contributed by atoms with E-state index in [2.05, 4.69) is 16.3 Å². The molecule has 0 bridgehead atoms. The summed E-state index contributed by atoms with van der Waals surface area (Å²) in [6.45, 7) is 1.65. The van der Waals surface area contributed by atoms with Crippen LogP contribution in [0.15, 0.2) is 54.6 Å². The Balaban J connectivity index is 1.73. The van der Waals surface area contributed by atoms with Gasteiger partial charge in [0.2, 0.25) is 0 Å². The Kier molecular flexibility index (Phi) is 5.22. The standard InChI is InChI=1S/C25H22F3N5/c1-30-18-10-12-32(13-11-18)23-14-19(16-6-8-17(9-7-16)25(26,27)28)20(15-29)24-31-21-4-2-3-5-22(21)33(23)24/h2-9,14,18,30H,10-13H2,1H3. The lowest BCUT2D eigenvalue weighted by atomic mass is 9.99. The number of imidazole rings is 1. The first-order valence-electron chi connectivity index (χ1n) is 10.8. The third kappa shape index (κ3) is 3.68. The van der Waals surface area contributed by atoms with Gasteiger partial charge in [-0.05, 0) is 55.8 Å². The Bertz CT molecular complexity index is 1360. The number of rotatable bonds is 3. The molecule has 1 N–H and O–H groups in total. The van der Waals surface area contributed by atoms with Gasteiger partial charge in [-0.25, -0.2) is 4.98 Å². The molecule has 1 saturated heterocycles. The van der Waals surface area contributed by atoms with Gasteiger partial charge in [-0.1, -0.05) is 24.3 Å². The number of piperidine rings is 1. The molecule has 33 heavy (non-hydrogen) atoms. The zero-order valence-corrected chi connectivity index (χ0v) is 18.0. The summed E-state index contributed by atoms with van der Waals surface area (Å²) in [5.41, 5.74) is 2.95. The maximum absolute atomic E-state index is 13.1. The predicted molar refractivity (Wildman–Crippen MR) is 122 cm³/mol. The normalized spacial score (nSPS) is 15.3. The molecule has 0 radical (unpaired) electrons. The minimum Gasteiger partial charge on any atom is -0.358 e. The number of aromatic nitrogens is 2. The van der Waals surface area contributed by atoms with Crippen LogP contribution in [0.5, 0.6) is 0 Å². The van der Waals surface area contributed by atoms with Crippen molar-refractivity contribution in [1.29, 1.82) is 5.26 Å². The summed E-state index contributed by atoms with van der Waals surface area (Å²) in [4.78, 5) is 7.00. The zero-order chi connectivity index (χ0) is 23.2. The Labute approximate surface area is 189 Å². The molecule has 1 aliphatic rings. The number of hydrogen-bond acceptors (Lipinski definition) is 4. The highest BCUT2D eigenvalue weighted by atomic mass is 19.4. The largest absolute Gasteiger partial charge is 0.416 e. The SMILES string of the molecule is CNC1CCN(c2cc(-c3ccc(C(F)(F)F)cc3)c(C#N)c3nc4ccccc4n23)CC1. The molecular formula is C25H22F3N5. The Hall–Kier alpha value is -3.57. The summed E-state index contributed by atoms with van der Waals surface area (Å²) in [5, 5.41) is 13.4. The molecule has 0 spiro atoms. The number of fused-ring (bicyclic) bond motifs is 3. The van der Waals surface area contributed by atoms with E-state index in [1.54, 1.807) is 0 Å². The highest BCUT2D eigenvalue weighted by molar-refractivity contribution is 5.89. The molecule has 4 aromatic rings. The third-order valence-corrected chi connectivity index (χ3v) is 6.42. The molecule has 3 heterocycles. The lowest BCUT2D eigenvalue weighted by Crippen LogP contribution is -2.41. The van der Waals surface area contributed by atoms with Crippen molar-refractivity contribution in [2.75, 3.05) is 25.0 Å². The van der Waals surface area contributed by atoms with Crippen molar-refractivity contribution in [3.05, 3.63) is 65.7 Å². The van der Waals surface area contributed by atoms with E-state index >= 15 is 0 Å². The van der Waals surface area contributed by atoms with Crippen LogP contribution in [0.1, 0.15) is 24.0 Å². The molecule has 1 aliphatic heterocycles. The first-order chi connectivity index (χ1) is 15.9. The van der Waals surface area contributed by atoms with Gasteiger partial charge in [-0.2, -0.15) is 18.4 Å². The lowest BCUT2D eigenvalue weighted by Gasteiger charge is -2.34. The fourth-order valence-electron chi connectivity index (χ4n) is 4.62. The van der Waals surface area contributed by atoms with E-state index in [0.29, 0.717) is 28.4 Å². The predicted octanol–water partition coefficient (Wildman–Crippen LogP) is 5.23. The second kappa shape index (κ2) is 8.09. The number of benzene rings is 2. The molecule has 168 valence electrons. The van der Waals surface area contributed by atoms with E-state index in [1.165, 1.54) is 12.1 Å². The van der Waals surface area contributed by atoms with Crippen LogP contribution in [0, 0.1) is 11.3 Å². The van der Waals surface area contributed by atoms with E-state index in [-0.39, 0.29) is 0 Å². The van der Waals surface area contributed by atoms with Gasteiger partial charge in [0.15, 0.2) is 5.65 Å². The summed E-state index contributed by atoms with van der Waals surface area (Å²) in [7, 11) is 1.96. The van der Waals surface area contributed by atoms with Gasteiger partial charge in [0.05, 0.1) is 16.6 Å². The van der Waals surface area contributed by atoms with Crippen molar-refractivity contribution >= 4 is 22.5 Å². The van der Waals surface area contributed by atoms with Crippen molar-refractivity contribution in [2.24, 2.45) is 0 Å². The van der Waals surface area contributed by atoms with Gasteiger partial charge in [0.25, 0.3) is 0 Å². The van der Waals surface area contributed by atoms with Gasteiger partial charge in [0, 0.05) is 24.7 Å². The second-order valence-corrected chi connectivity index (χ2v) is 8.29. The first kappa shape index (κ1) is 21.3. The lowest BCUT2D eigenvalue weighted by molar-refractivity contribution is -0.137. The van der Waals surface area contributed by atoms with Gasteiger partial charge in [0.1, 0.15) is 17.5 Å². The average Bonchev–Trinajstić information content (AvgIpc) is 3.22. The summed E-state index contributed by atoms with van der Waals surface area (Å²) in [6.07, 6.45) is -2.47. The van der Waals surface area contributed by atoms with Gasteiger partial charge >= 0.3 is 6.18 Å². The molecule has 2 aromatic carbocycles. The molecule has 0 saturated carbocycles. The van der Waals surface area contributed by atoms with Crippen molar-refractivity contribution in [3.8, 4) is 17.2 Å². The molecule has 2 aromatic heterocycles. The number of alkyl halides is 3. The maximum atomic E-state index is 13.1. The molecule has 0 unspecified atom stereocenters. The van der Waals surface area contributed by atoms with Crippen LogP contribution in [0.25, 0.3) is 27.8 Å². The molecule has 5 nitrogen and oxygen atoms in total. The van der Waals surface area contributed by atoms with Crippen LogP contribution in [0.4, 0.5) is 19.0 Å². The minimum absolute atomic E-state index is 0.347. The monoisotopic (exact) mass is 449 g/mol. The quantitative estimate of drug-likeness (QED) is 0.465. The van der Waals surface area contributed by atoms with Crippen LogP contribution in [-0.4, -0.2) is 35.6 Å². The van der Waals surface area contributed by atoms with E-state index in [9.17, 15) is 18.4 Å². The number of nitrogens with zero attached hydrogens (tertiary/aromatic N) is 4. The number of anilines is 1. The Morgan fingerprint density at radius 1 is 1.06 bits per heavy atom. The fourth-order valence-corrected chi connectivity index (χ4v) is 4.62. The van der Waals surface area contributed by atoms with Gasteiger partial charge in [-0.15, -0.1) is 0 Å². The highest BCUT2D eigenvalue weighted by Crippen LogP contribution is 2.37. The van der Waals surface area contributed by atoms with Crippen LogP contribution >= 0.6 is 0 Å². The Morgan fingerprint density at radius 2 is 1.76 bits per heavy atom. The summed E-state index contributed by atoms with van der Waals surface area (Å²) in [6, 6.07) is 17.3. The Morgan fingerprint density at radius 3 is 2.39 bits per heavy atom. The van der Waals surface area contributed by atoms with Gasteiger partial charge in [-0.3, -0.25) is 4.40 Å². The maximum Gasteiger partial charge on any atom is 0.416 e. The van der Waals surface area contributed by atoms with Crippen molar-refractivity contribution < 1.29 is 13.2 Å². The molecule has 8 heteroatoms. The topological polar surface area (TPSA) is 56.4 Å². The van der Waals surface area contributed by atoms with E-state index in [0.717, 1.165) is 54.9 Å². The molecule has 0 aliphatic carbocycles. The number of halogens is 3. The van der Waals surface area contributed by atoms with E-state index < -0.39 is 11.7 Å². The third-order valence-electron chi connectivity index (χ3n) is 6.42. The first-order valence-corrected chi connectivity index (χ1v) is 10.8. The van der Waals surface area contributed by atoms with Crippen LogP contribution in [0.3, 0.4) is 0 Å². The molecule has 0 amide bonds. The second-order valence-electron chi connectivity index (χ2n) is 8.29. The number of pyridine rings is 1. The van der Waals surface area contributed by atoms with Gasteiger partial charge < -0.3 is 10.2 Å². The van der Waals surface area contributed by atoms with Crippen molar-refractivity contribution in [3.63, 3.8) is 0 Å². The van der Waals surface area contributed by atoms with E-state index in [4.69, 9.17) is 4.98 Å².